The summed E-state index contributed by atoms with van der Waals surface area (Å²) in [6.07, 6.45) is 4.12. The molecule has 1 N–H and O–H groups in total. The minimum absolute atomic E-state index is 0.127. The van der Waals surface area contributed by atoms with Gasteiger partial charge < -0.3 is 19.3 Å². The van der Waals surface area contributed by atoms with Crippen LogP contribution in [0.4, 0.5) is 10.5 Å². The Balaban J connectivity index is 1.01. The van der Waals surface area contributed by atoms with Crippen molar-refractivity contribution >= 4 is 34.5 Å². The number of rotatable bonds is 6. The van der Waals surface area contributed by atoms with Gasteiger partial charge in [-0.05, 0) is 69.7 Å². The van der Waals surface area contributed by atoms with Gasteiger partial charge in [0.1, 0.15) is 5.60 Å². The van der Waals surface area contributed by atoms with E-state index in [2.05, 4.69) is 38.5 Å². The van der Waals surface area contributed by atoms with Gasteiger partial charge in [-0.3, -0.25) is 19.6 Å². The predicted molar refractivity (Wildman–Crippen MR) is 170 cm³/mol. The number of imide groups is 1. The zero-order valence-electron chi connectivity index (χ0n) is 26.9. The van der Waals surface area contributed by atoms with Gasteiger partial charge in [0, 0.05) is 68.9 Å². The van der Waals surface area contributed by atoms with Crippen LogP contribution in [-0.2, 0) is 21.4 Å². The first kappa shape index (κ1) is 31.3. The van der Waals surface area contributed by atoms with E-state index in [9.17, 15) is 19.6 Å². The summed E-state index contributed by atoms with van der Waals surface area (Å²) in [5.41, 5.74) is 3.13. The molecule has 3 amide bonds. The molecule has 12 nitrogen and oxygen atoms in total. The Morgan fingerprint density at radius 2 is 1.89 bits per heavy atom. The third kappa shape index (κ3) is 6.64. The number of nitriles is 1. The minimum Gasteiger partial charge on any atom is -0.477 e. The van der Waals surface area contributed by atoms with Crippen molar-refractivity contribution in [2.75, 3.05) is 37.7 Å². The summed E-state index contributed by atoms with van der Waals surface area (Å²) in [6, 6.07) is 12.4. The highest BCUT2D eigenvalue weighted by atomic mass is 16.6. The zero-order valence-corrected chi connectivity index (χ0v) is 26.9. The molecule has 0 radical (unpaired) electrons. The SMILES string of the molecule is Cn1nc(C2CCC(=O)NC2=O)c2ccc(N3CCC(COc4ccc([C@@H]5CN(C(=O)OC(C)(C)C)C[C@H]5C#N)cn4)CC3)cc21. The van der Waals surface area contributed by atoms with E-state index >= 15 is 0 Å². The molecule has 3 saturated heterocycles. The van der Waals surface area contributed by atoms with Crippen molar-refractivity contribution in [1.82, 2.24) is 25.0 Å². The smallest absolute Gasteiger partial charge is 0.410 e. The van der Waals surface area contributed by atoms with Gasteiger partial charge in [-0.1, -0.05) is 6.07 Å². The van der Waals surface area contributed by atoms with Crippen LogP contribution in [0.5, 0.6) is 5.88 Å². The molecule has 2 aromatic heterocycles. The standard InChI is InChI=1S/C34H41N7O5/c1-34(2,3)46-33(44)41-18-23(16-35)27(19-41)22-5-10-30(36-17-22)45-20-21-11-13-40(14-12-21)24-6-7-25-28(15-24)39(4)38-31(25)26-8-9-29(42)37-32(26)43/h5-7,10,15,17,21,23,26-27H,8-9,11-14,18-20H2,1-4H3,(H,37,42,43)/t23-,26?,27+/m1/s1. The molecular formula is C34H41N7O5. The molecule has 6 rings (SSSR count). The fourth-order valence-corrected chi connectivity index (χ4v) is 6.69. The molecule has 0 bridgehead atoms. The number of amides is 3. The number of hydrogen-bond donors (Lipinski definition) is 1. The van der Waals surface area contributed by atoms with Crippen molar-refractivity contribution in [3.8, 4) is 11.9 Å². The lowest BCUT2D eigenvalue weighted by molar-refractivity contribution is -0.134. The molecular weight excluding hydrogens is 586 g/mol. The first-order valence-corrected chi connectivity index (χ1v) is 16.0. The number of piperidine rings is 2. The fourth-order valence-electron chi connectivity index (χ4n) is 6.69. The van der Waals surface area contributed by atoms with Crippen molar-refractivity contribution in [3.63, 3.8) is 0 Å². The van der Waals surface area contributed by atoms with Gasteiger partial charge in [-0.15, -0.1) is 0 Å². The van der Waals surface area contributed by atoms with Crippen LogP contribution in [0, 0.1) is 23.2 Å². The number of fused-ring (bicyclic) bond motifs is 1. The Hall–Kier alpha value is -4.66. The lowest BCUT2D eigenvalue weighted by Gasteiger charge is -2.33. The van der Waals surface area contributed by atoms with Crippen LogP contribution in [0.1, 0.15) is 69.5 Å². The fraction of sp³-hybridized carbons (Fsp3) is 0.529. The molecule has 46 heavy (non-hydrogen) atoms. The van der Waals surface area contributed by atoms with Crippen LogP contribution in [0.25, 0.3) is 10.9 Å². The Morgan fingerprint density at radius 3 is 2.57 bits per heavy atom. The van der Waals surface area contributed by atoms with Crippen LogP contribution < -0.4 is 15.0 Å². The van der Waals surface area contributed by atoms with Crippen molar-refractivity contribution in [1.29, 1.82) is 5.26 Å². The van der Waals surface area contributed by atoms with E-state index in [-0.39, 0.29) is 23.7 Å². The average Bonchev–Trinajstić information content (AvgIpc) is 3.61. The number of pyridine rings is 1. The highest BCUT2D eigenvalue weighted by Crippen LogP contribution is 2.35. The Labute approximate surface area is 268 Å². The summed E-state index contributed by atoms with van der Waals surface area (Å²) in [5, 5.41) is 17.8. The minimum atomic E-state index is -0.589. The number of nitrogens with one attached hydrogen (secondary N) is 1. The highest BCUT2D eigenvalue weighted by molar-refractivity contribution is 6.02. The molecule has 12 heteroatoms. The van der Waals surface area contributed by atoms with E-state index in [1.807, 2.05) is 50.7 Å². The molecule has 3 aromatic rings. The van der Waals surface area contributed by atoms with Crippen molar-refractivity contribution in [2.24, 2.45) is 18.9 Å². The first-order valence-electron chi connectivity index (χ1n) is 16.0. The first-order chi connectivity index (χ1) is 22.0. The van der Waals surface area contributed by atoms with Gasteiger partial charge in [0.05, 0.1) is 35.7 Å². The van der Waals surface area contributed by atoms with E-state index in [4.69, 9.17) is 9.47 Å². The summed E-state index contributed by atoms with van der Waals surface area (Å²) in [7, 11) is 1.89. The third-order valence-corrected chi connectivity index (χ3v) is 9.20. The largest absolute Gasteiger partial charge is 0.477 e. The van der Waals surface area contributed by atoms with Gasteiger partial charge in [-0.25, -0.2) is 9.78 Å². The summed E-state index contributed by atoms with van der Waals surface area (Å²) in [5.74, 6) is -0.414. The molecule has 3 atom stereocenters. The molecule has 0 saturated carbocycles. The molecule has 3 aliphatic heterocycles. The summed E-state index contributed by atoms with van der Waals surface area (Å²) < 4.78 is 13.4. The normalized spacial score (nSPS) is 22.5. The van der Waals surface area contributed by atoms with Gasteiger partial charge in [-0.2, -0.15) is 10.4 Å². The van der Waals surface area contributed by atoms with Gasteiger partial charge in [0.2, 0.25) is 17.7 Å². The number of ether oxygens (including phenoxy) is 2. The van der Waals surface area contributed by atoms with E-state index < -0.39 is 17.6 Å². The molecule has 1 unspecified atom stereocenters. The Kier molecular flexibility index (Phi) is 8.59. The second kappa shape index (κ2) is 12.6. The second-order valence-corrected chi connectivity index (χ2v) is 13.6. The molecule has 1 aromatic carbocycles. The lowest BCUT2D eigenvalue weighted by atomic mass is 9.91. The van der Waals surface area contributed by atoms with Gasteiger partial charge in [0.25, 0.3) is 0 Å². The molecule has 0 aliphatic carbocycles. The van der Waals surface area contributed by atoms with E-state index in [1.54, 1.807) is 11.1 Å². The lowest BCUT2D eigenvalue weighted by Crippen LogP contribution is -2.39. The quantitative estimate of drug-likeness (QED) is 0.397. The van der Waals surface area contributed by atoms with E-state index in [0.717, 1.165) is 53.8 Å². The van der Waals surface area contributed by atoms with Crippen molar-refractivity contribution < 1.29 is 23.9 Å². The van der Waals surface area contributed by atoms with Crippen molar-refractivity contribution in [2.45, 2.75) is 63.9 Å². The van der Waals surface area contributed by atoms with Crippen LogP contribution in [-0.4, -0.2) is 76.0 Å². The highest BCUT2D eigenvalue weighted by Gasteiger charge is 2.38. The number of aryl methyl sites for hydroxylation is 1. The van der Waals surface area contributed by atoms with Crippen molar-refractivity contribution in [3.05, 3.63) is 47.8 Å². The average molecular weight is 628 g/mol. The van der Waals surface area contributed by atoms with E-state index in [1.165, 1.54) is 0 Å². The molecule has 3 fully saturated rings. The molecule has 0 spiro atoms. The summed E-state index contributed by atoms with van der Waals surface area (Å²) in [6.45, 7) is 8.62. The molecule has 5 heterocycles. The Morgan fingerprint density at radius 1 is 1.11 bits per heavy atom. The van der Waals surface area contributed by atoms with Crippen LogP contribution in [0.15, 0.2) is 36.5 Å². The summed E-state index contributed by atoms with van der Waals surface area (Å²) in [4.78, 5) is 45.1. The molecule has 3 aliphatic rings. The maximum atomic E-state index is 12.6. The number of anilines is 1. The topological polar surface area (TPSA) is 143 Å². The number of aromatic nitrogens is 3. The Bertz CT molecular complexity index is 1660. The number of carbonyl (C=O) groups is 3. The van der Waals surface area contributed by atoms with E-state index in [0.29, 0.717) is 44.3 Å². The van der Waals surface area contributed by atoms with Crippen LogP contribution >= 0.6 is 0 Å². The maximum Gasteiger partial charge on any atom is 0.410 e. The second-order valence-electron chi connectivity index (χ2n) is 13.6. The number of nitrogens with zero attached hydrogens (tertiary/aromatic N) is 6. The maximum absolute atomic E-state index is 12.6. The van der Waals surface area contributed by atoms with Crippen LogP contribution in [0.3, 0.4) is 0 Å². The van der Waals surface area contributed by atoms with Crippen LogP contribution in [0.2, 0.25) is 0 Å². The molecule has 242 valence electrons. The predicted octanol–water partition coefficient (Wildman–Crippen LogP) is 4.26. The van der Waals surface area contributed by atoms with Gasteiger partial charge in [0.15, 0.2) is 0 Å². The number of hydrogen-bond acceptors (Lipinski definition) is 9. The van der Waals surface area contributed by atoms with Gasteiger partial charge >= 0.3 is 6.09 Å². The number of likely N-dealkylation sites (tertiary alicyclic amines) is 1. The monoisotopic (exact) mass is 627 g/mol. The third-order valence-electron chi connectivity index (χ3n) is 9.20. The summed E-state index contributed by atoms with van der Waals surface area (Å²) >= 11 is 0. The number of carbonyl (C=O) groups excluding carboxylic acids is 3. The number of benzene rings is 1. The zero-order chi connectivity index (χ0) is 32.6.